The maximum Gasteiger partial charge on any atom is 0.262 e. The Kier molecular flexibility index (Phi) is 6.89. The molecule has 1 aliphatic rings. The molecule has 0 saturated carbocycles. The van der Waals surface area contributed by atoms with Crippen molar-refractivity contribution in [3.05, 3.63) is 84.4 Å². The molecule has 0 aliphatic carbocycles. The minimum absolute atomic E-state index is 0.0613. The molecule has 0 saturated heterocycles. The van der Waals surface area contributed by atoms with Crippen LogP contribution in [0, 0.1) is 0 Å². The van der Waals surface area contributed by atoms with Crippen molar-refractivity contribution in [1.82, 2.24) is 0 Å². The van der Waals surface area contributed by atoms with E-state index in [9.17, 15) is 9.59 Å². The van der Waals surface area contributed by atoms with Gasteiger partial charge in [0.1, 0.15) is 5.75 Å². The largest absolute Gasteiger partial charge is 0.484 e. The van der Waals surface area contributed by atoms with Crippen LogP contribution in [0.3, 0.4) is 0 Å². The van der Waals surface area contributed by atoms with Gasteiger partial charge in [0.25, 0.3) is 5.91 Å². The molecule has 6 heteroatoms. The third-order valence-electron chi connectivity index (χ3n) is 5.00. The van der Waals surface area contributed by atoms with E-state index >= 15 is 0 Å². The van der Waals surface area contributed by atoms with Crippen LogP contribution in [0.2, 0.25) is 0 Å². The van der Waals surface area contributed by atoms with Gasteiger partial charge >= 0.3 is 0 Å². The van der Waals surface area contributed by atoms with E-state index in [1.807, 2.05) is 77.7 Å². The molecule has 2 amide bonds. The molecule has 158 valence electrons. The van der Waals surface area contributed by atoms with E-state index < -0.39 is 0 Å². The summed E-state index contributed by atoms with van der Waals surface area (Å²) in [6.45, 7) is 0.697. The van der Waals surface area contributed by atoms with Gasteiger partial charge in [-0.1, -0.05) is 42.5 Å². The number of fused-ring (bicyclic) bond motifs is 1. The Morgan fingerprint density at radius 1 is 0.968 bits per heavy atom. The Bertz CT molecular complexity index is 1060. The monoisotopic (exact) mass is 432 g/mol. The number of nitrogens with one attached hydrogen (secondary N) is 1. The van der Waals surface area contributed by atoms with E-state index in [-0.39, 0.29) is 18.4 Å². The van der Waals surface area contributed by atoms with Crippen molar-refractivity contribution in [2.45, 2.75) is 17.7 Å². The van der Waals surface area contributed by atoms with E-state index in [4.69, 9.17) is 4.74 Å². The highest BCUT2D eigenvalue weighted by atomic mass is 32.2. The number of aryl methyl sites for hydroxylation is 1. The van der Waals surface area contributed by atoms with Crippen molar-refractivity contribution in [2.75, 3.05) is 29.1 Å². The number of carbonyl (C=O) groups is 2. The second-order valence-electron chi connectivity index (χ2n) is 7.24. The molecule has 0 aromatic heterocycles. The highest BCUT2D eigenvalue weighted by molar-refractivity contribution is 8.00. The Hall–Kier alpha value is -3.25. The van der Waals surface area contributed by atoms with Gasteiger partial charge in [0.2, 0.25) is 5.91 Å². The summed E-state index contributed by atoms with van der Waals surface area (Å²) < 4.78 is 5.48. The quantitative estimate of drug-likeness (QED) is 0.546. The summed E-state index contributed by atoms with van der Waals surface area (Å²) in [6.07, 6.45) is 2.00. The van der Waals surface area contributed by atoms with Gasteiger partial charge in [0.05, 0.1) is 5.75 Å². The van der Waals surface area contributed by atoms with Crippen LogP contribution < -0.4 is 15.0 Å². The lowest BCUT2D eigenvalue weighted by Crippen LogP contribution is -2.36. The Balaban J connectivity index is 1.31. The number of rotatable bonds is 7. The van der Waals surface area contributed by atoms with E-state index in [0.29, 0.717) is 17.2 Å². The predicted octanol–water partition coefficient (Wildman–Crippen LogP) is 4.78. The molecular weight excluding hydrogens is 408 g/mol. The van der Waals surface area contributed by atoms with Gasteiger partial charge in [-0.25, -0.2) is 0 Å². The van der Waals surface area contributed by atoms with Crippen LogP contribution >= 0.6 is 11.8 Å². The fourth-order valence-electron chi connectivity index (χ4n) is 3.54. The Morgan fingerprint density at radius 2 is 1.77 bits per heavy atom. The zero-order chi connectivity index (χ0) is 21.5. The summed E-state index contributed by atoms with van der Waals surface area (Å²) in [5.41, 5.74) is 2.94. The molecule has 3 aromatic rings. The molecule has 1 aliphatic heterocycles. The van der Waals surface area contributed by atoms with Gasteiger partial charge in [-0.3, -0.25) is 9.59 Å². The standard InChI is InChI=1S/C25H24N2O3S/c28-24(17-30-21-11-2-1-3-12-21)26-20-10-6-13-22(16-20)31-18-25(29)27-15-7-9-19-8-4-5-14-23(19)27/h1-6,8,10-14,16H,7,9,15,17-18H2,(H,26,28). The molecule has 0 fully saturated rings. The van der Waals surface area contributed by atoms with Crippen molar-refractivity contribution in [1.29, 1.82) is 0 Å². The normalized spacial score (nSPS) is 12.7. The van der Waals surface area contributed by atoms with Crippen molar-refractivity contribution in [2.24, 2.45) is 0 Å². The number of anilines is 2. The van der Waals surface area contributed by atoms with E-state index in [2.05, 4.69) is 11.4 Å². The van der Waals surface area contributed by atoms with Crippen LogP contribution in [0.25, 0.3) is 0 Å². The molecule has 1 N–H and O–H groups in total. The number of amides is 2. The lowest BCUT2D eigenvalue weighted by atomic mass is 10.0. The molecule has 5 nitrogen and oxygen atoms in total. The first-order valence-electron chi connectivity index (χ1n) is 10.3. The van der Waals surface area contributed by atoms with Gasteiger partial charge in [0, 0.05) is 22.8 Å². The van der Waals surface area contributed by atoms with Gasteiger partial charge in [-0.05, 0) is 54.8 Å². The lowest BCUT2D eigenvalue weighted by Gasteiger charge is -2.29. The molecule has 31 heavy (non-hydrogen) atoms. The minimum atomic E-state index is -0.230. The summed E-state index contributed by atoms with van der Waals surface area (Å²) in [6, 6.07) is 24.9. The number of nitrogens with zero attached hydrogens (tertiary/aromatic N) is 1. The number of para-hydroxylation sites is 2. The molecule has 0 bridgehead atoms. The smallest absolute Gasteiger partial charge is 0.262 e. The average molecular weight is 433 g/mol. The van der Waals surface area contributed by atoms with Gasteiger partial charge in [0.15, 0.2) is 6.61 Å². The van der Waals surface area contributed by atoms with Gasteiger partial charge in [-0.15, -0.1) is 11.8 Å². The van der Waals surface area contributed by atoms with Crippen LogP contribution in [0.1, 0.15) is 12.0 Å². The lowest BCUT2D eigenvalue weighted by molar-refractivity contribution is -0.118. The van der Waals surface area contributed by atoms with Gasteiger partial charge in [-0.2, -0.15) is 0 Å². The number of hydrogen-bond acceptors (Lipinski definition) is 4. The molecular formula is C25H24N2O3S. The fraction of sp³-hybridized carbons (Fsp3) is 0.200. The maximum absolute atomic E-state index is 12.8. The third kappa shape index (κ3) is 5.67. The van der Waals surface area contributed by atoms with Gasteiger partial charge < -0.3 is 15.0 Å². The van der Waals surface area contributed by atoms with Crippen LogP contribution in [-0.4, -0.2) is 30.7 Å². The van der Waals surface area contributed by atoms with E-state index in [1.54, 1.807) is 0 Å². The van der Waals surface area contributed by atoms with Crippen LogP contribution in [0.4, 0.5) is 11.4 Å². The minimum Gasteiger partial charge on any atom is -0.484 e. The highest BCUT2D eigenvalue weighted by Gasteiger charge is 2.22. The van der Waals surface area contributed by atoms with Crippen LogP contribution in [0.15, 0.2) is 83.8 Å². The summed E-state index contributed by atoms with van der Waals surface area (Å²) in [7, 11) is 0. The predicted molar refractivity (Wildman–Crippen MR) is 125 cm³/mol. The fourth-order valence-corrected chi connectivity index (χ4v) is 4.37. The number of carbonyl (C=O) groups excluding carboxylic acids is 2. The third-order valence-corrected chi connectivity index (χ3v) is 5.98. The first-order chi connectivity index (χ1) is 15.2. The zero-order valence-corrected chi connectivity index (χ0v) is 17.9. The molecule has 4 rings (SSSR count). The molecule has 3 aromatic carbocycles. The van der Waals surface area contributed by atoms with Crippen molar-refractivity contribution >= 4 is 35.0 Å². The number of benzene rings is 3. The van der Waals surface area contributed by atoms with Crippen molar-refractivity contribution in [3.8, 4) is 5.75 Å². The maximum atomic E-state index is 12.8. The average Bonchev–Trinajstić information content (AvgIpc) is 2.82. The Labute approximate surface area is 186 Å². The topological polar surface area (TPSA) is 58.6 Å². The first-order valence-corrected chi connectivity index (χ1v) is 11.3. The van der Waals surface area contributed by atoms with Crippen molar-refractivity contribution in [3.63, 3.8) is 0 Å². The first kappa shape index (κ1) is 21.0. The molecule has 0 unspecified atom stereocenters. The Morgan fingerprint density at radius 3 is 2.65 bits per heavy atom. The molecule has 0 radical (unpaired) electrons. The second-order valence-corrected chi connectivity index (χ2v) is 8.29. The highest BCUT2D eigenvalue weighted by Crippen LogP contribution is 2.28. The van der Waals surface area contributed by atoms with E-state index in [0.717, 1.165) is 30.0 Å². The van der Waals surface area contributed by atoms with E-state index in [1.165, 1.54) is 17.3 Å². The number of thioether (sulfide) groups is 1. The number of hydrogen-bond donors (Lipinski definition) is 1. The zero-order valence-electron chi connectivity index (χ0n) is 17.1. The summed E-state index contributed by atoms with van der Waals surface area (Å²) in [5.74, 6) is 0.873. The summed E-state index contributed by atoms with van der Waals surface area (Å²) in [4.78, 5) is 27.8. The van der Waals surface area contributed by atoms with Crippen LogP contribution in [0.5, 0.6) is 5.75 Å². The van der Waals surface area contributed by atoms with Crippen molar-refractivity contribution < 1.29 is 14.3 Å². The second kappa shape index (κ2) is 10.2. The molecule has 0 atom stereocenters. The number of ether oxygens (including phenoxy) is 1. The summed E-state index contributed by atoms with van der Waals surface area (Å²) >= 11 is 1.47. The molecule has 1 heterocycles. The summed E-state index contributed by atoms with van der Waals surface area (Å²) in [5, 5.41) is 2.84. The molecule has 0 spiro atoms. The van der Waals surface area contributed by atoms with Crippen LogP contribution in [-0.2, 0) is 16.0 Å². The SMILES string of the molecule is O=C(COc1ccccc1)Nc1cccc(SCC(=O)N2CCCc3ccccc32)c1.